The number of aryl methyl sites for hydroxylation is 1. The number of hydrogen-bond donors (Lipinski definition) is 2. The van der Waals surface area contributed by atoms with Crippen molar-refractivity contribution >= 4 is 22.0 Å². The first-order chi connectivity index (χ1) is 10.6. The Morgan fingerprint density at radius 3 is 2.91 bits per heavy atom. The number of aromatic amines is 1. The highest BCUT2D eigenvalue weighted by Crippen LogP contribution is 2.29. The zero-order chi connectivity index (χ0) is 15.7. The van der Waals surface area contributed by atoms with E-state index in [0.717, 1.165) is 22.2 Å². The predicted molar refractivity (Wildman–Crippen MR) is 83.3 cm³/mol. The van der Waals surface area contributed by atoms with Gasteiger partial charge in [0.25, 0.3) is 0 Å². The molecule has 2 aromatic heterocycles. The average molecular weight is 312 g/mol. The summed E-state index contributed by atoms with van der Waals surface area (Å²) in [5.41, 5.74) is 4.28. The molecule has 0 amide bonds. The average Bonchev–Trinajstić information content (AvgIpc) is 2.92. The molecule has 0 aliphatic carbocycles. The van der Waals surface area contributed by atoms with E-state index in [2.05, 4.69) is 21.3 Å². The van der Waals surface area contributed by atoms with Crippen LogP contribution in [0.4, 0.5) is 0 Å². The molecule has 6 nitrogen and oxygen atoms in total. The zero-order valence-electron chi connectivity index (χ0n) is 11.7. The van der Waals surface area contributed by atoms with Gasteiger partial charge in [-0.3, -0.25) is 10.1 Å². The highest BCUT2D eigenvalue weighted by atomic mass is 32.2. The standard InChI is InChI=1S/C15H12N4O2S/c1-9-6-10(2-3-11(9)8-22(20)21)15-14-12(4-5-17-15)18-19-13(14)7-16/h2-6H,8H2,1H3,(H,18,19)(H,20,21). The molecule has 110 valence electrons. The van der Waals surface area contributed by atoms with Gasteiger partial charge in [-0.15, -0.1) is 0 Å². The van der Waals surface area contributed by atoms with E-state index in [1.807, 2.05) is 25.1 Å². The van der Waals surface area contributed by atoms with E-state index in [9.17, 15) is 9.47 Å². The van der Waals surface area contributed by atoms with Gasteiger partial charge < -0.3 is 4.55 Å². The molecule has 2 N–H and O–H groups in total. The van der Waals surface area contributed by atoms with E-state index >= 15 is 0 Å². The Hall–Kier alpha value is -2.56. The fraction of sp³-hybridized carbons (Fsp3) is 0.133. The number of nitrogens with one attached hydrogen (secondary N) is 1. The van der Waals surface area contributed by atoms with Gasteiger partial charge in [-0.2, -0.15) is 10.4 Å². The second-order valence-electron chi connectivity index (χ2n) is 4.87. The first kappa shape index (κ1) is 14.4. The van der Waals surface area contributed by atoms with E-state index in [4.69, 9.17) is 4.55 Å². The molecule has 1 atom stereocenters. The smallest absolute Gasteiger partial charge is 0.172 e. The van der Waals surface area contributed by atoms with Gasteiger partial charge in [-0.05, 0) is 30.2 Å². The summed E-state index contributed by atoms with van der Waals surface area (Å²) in [6.07, 6.45) is 1.66. The molecule has 0 aliphatic rings. The van der Waals surface area contributed by atoms with Crippen molar-refractivity contribution < 1.29 is 8.76 Å². The summed E-state index contributed by atoms with van der Waals surface area (Å²) in [5.74, 6) is 0.0961. The zero-order valence-corrected chi connectivity index (χ0v) is 12.5. The third-order valence-electron chi connectivity index (χ3n) is 3.48. The number of pyridine rings is 1. The first-order valence-electron chi connectivity index (χ1n) is 6.50. The van der Waals surface area contributed by atoms with E-state index in [1.165, 1.54) is 0 Å². The molecule has 3 aromatic rings. The van der Waals surface area contributed by atoms with Crippen molar-refractivity contribution in [1.82, 2.24) is 15.2 Å². The Labute approximate surface area is 129 Å². The second kappa shape index (κ2) is 5.67. The van der Waals surface area contributed by atoms with E-state index in [1.54, 1.807) is 12.3 Å². The van der Waals surface area contributed by atoms with Crippen molar-refractivity contribution in [2.75, 3.05) is 0 Å². The summed E-state index contributed by atoms with van der Waals surface area (Å²) in [6, 6.07) is 9.37. The van der Waals surface area contributed by atoms with Gasteiger partial charge in [-0.1, -0.05) is 12.1 Å². The molecule has 1 unspecified atom stereocenters. The van der Waals surface area contributed by atoms with Crippen LogP contribution in [-0.4, -0.2) is 23.9 Å². The Bertz CT molecular complexity index is 927. The van der Waals surface area contributed by atoms with Gasteiger partial charge in [0.2, 0.25) is 0 Å². The number of fused-ring (bicyclic) bond motifs is 1. The minimum atomic E-state index is -1.87. The van der Waals surface area contributed by atoms with Crippen LogP contribution < -0.4 is 0 Å². The quantitative estimate of drug-likeness (QED) is 0.723. The fourth-order valence-corrected chi connectivity index (χ4v) is 2.99. The highest BCUT2D eigenvalue weighted by Gasteiger charge is 2.13. The molecule has 7 heteroatoms. The van der Waals surface area contributed by atoms with Crippen molar-refractivity contribution in [3.8, 4) is 17.3 Å². The van der Waals surface area contributed by atoms with Crippen molar-refractivity contribution in [2.45, 2.75) is 12.7 Å². The van der Waals surface area contributed by atoms with Gasteiger partial charge in [0.1, 0.15) is 6.07 Å². The van der Waals surface area contributed by atoms with E-state index in [0.29, 0.717) is 16.8 Å². The molecule has 0 fully saturated rings. The summed E-state index contributed by atoms with van der Waals surface area (Å²) in [5, 5.41) is 16.7. The second-order valence-corrected chi connectivity index (χ2v) is 5.80. The van der Waals surface area contributed by atoms with Crippen LogP contribution in [0.2, 0.25) is 0 Å². The molecule has 0 saturated carbocycles. The lowest BCUT2D eigenvalue weighted by Gasteiger charge is -2.08. The largest absolute Gasteiger partial charge is 0.306 e. The molecule has 0 bridgehead atoms. The Kier molecular flexibility index (Phi) is 3.71. The first-order valence-corrected chi connectivity index (χ1v) is 7.78. The third-order valence-corrected chi connectivity index (χ3v) is 4.03. The van der Waals surface area contributed by atoms with Gasteiger partial charge in [0.15, 0.2) is 16.8 Å². The maximum Gasteiger partial charge on any atom is 0.172 e. The van der Waals surface area contributed by atoms with Crippen molar-refractivity contribution in [2.24, 2.45) is 0 Å². The highest BCUT2D eigenvalue weighted by molar-refractivity contribution is 7.78. The van der Waals surface area contributed by atoms with E-state index < -0.39 is 11.1 Å². The summed E-state index contributed by atoms with van der Waals surface area (Å²) >= 11 is -1.87. The summed E-state index contributed by atoms with van der Waals surface area (Å²) < 4.78 is 20.0. The molecular weight excluding hydrogens is 300 g/mol. The third kappa shape index (κ3) is 2.50. The number of nitriles is 1. The minimum absolute atomic E-state index is 0.0961. The van der Waals surface area contributed by atoms with Crippen LogP contribution in [0.15, 0.2) is 30.5 Å². The number of aromatic nitrogens is 3. The lowest BCUT2D eigenvalue weighted by Crippen LogP contribution is -1.96. The fourth-order valence-electron chi connectivity index (χ4n) is 2.40. The number of nitrogens with zero attached hydrogens (tertiary/aromatic N) is 3. The number of rotatable bonds is 3. The summed E-state index contributed by atoms with van der Waals surface area (Å²) in [7, 11) is 0. The van der Waals surface area contributed by atoms with Gasteiger partial charge in [0.05, 0.1) is 22.3 Å². The minimum Gasteiger partial charge on any atom is -0.306 e. The molecule has 0 aliphatic heterocycles. The normalized spacial score (nSPS) is 12.2. The number of H-pyrrole nitrogens is 1. The topological polar surface area (TPSA) is 103 Å². The van der Waals surface area contributed by atoms with Gasteiger partial charge in [-0.25, -0.2) is 4.21 Å². The lowest BCUT2D eigenvalue weighted by molar-refractivity contribution is 0.563. The predicted octanol–water partition coefficient (Wildman–Crippen LogP) is 2.53. The maximum absolute atomic E-state index is 10.9. The molecular formula is C15H12N4O2S. The van der Waals surface area contributed by atoms with Crippen LogP contribution in [0.1, 0.15) is 16.8 Å². The Balaban J connectivity index is 2.16. The van der Waals surface area contributed by atoms with Crippen LogP contribution in [0.5, 0.6) is 0 Å². The van der Waals surface area contributed by atoms with Crippen LogP contribution in [-0.2, 0) is 16.8 Å². The maximum atomic E-state index is 10.9. The SMILES string of the molecule is Cc1cc(-c2nccc3[nH]nc(C#N)c23)ccc1CS(=O)O. The van der Waals surface area contributed by atoms with Crippen molar-refractivity contribution in [3.05, 3.63) is 47.3 Å². The summed E-state index contributed by atoms with van der Waals surface area (Å²) in [6.45, 7) is 1.88. The molecule has 0 radical (unpaired) electrons. The van der Waals surface area contributed by atoms with Crippen LogP contribution in [0, 0.1) is 18.3 Å². The van der Waals surface area contributed by atoms with Gasteiger partial charge in [0, 0.05) is 11.8 Å². The van der Waals surface area contributed by atoms with Crippen LogP contribution >= 0.6 is 0 Å². The Morgan fingerprint density at radius 2 is 2.23 bits per heavy atom. The number of hydrogen-bond acceptors (Lipinski definition) is 4. The van der Waals surface area contributed by atoms with Crippen molar-refractivity contribution in [3.63, 3.8) is 0 Å². The molecule has 0 saturated heterocycles. The van der Waals surface area contributed by atoms with Crippen molar-refractivity contribution in [1.29, 1.82) is 5.26 Å². The van der Waals surface area contributed by atoms with Gasteiger partial charge >= 0.3 is 0 Å². The molecule has 3 rings (SSSR count). The number of benzene rings is 1. The molecule has 22 heavy (non-hydrogen) atoms. The molecule has 0 spiro atoms. The lowest BCUT2D eigenvalue weighted by atomic mass is 10.0. The van der Waals surface area contributed by atoms with Crippen LogP contribution in [0.25, 0.3) is 22.2 Å². The molecule has 2 heterocycles. The van der Waals surface area contributed by atoms with Crippen LogP contribution in [0.3, 0.4) is 0 Å². The molecule has 1 aromatic carbocycles. The monoisotopic (exact) mass is 312 g/mol. The Morgan fingerprint density at radius 1 is 1.41 bits per heavy atom. The van der Waals surface area contributed by atoms with E-state index in [-0.39, 0.29) is 5.75 Å². The summed E-state index contributed by atoms with van der Waals surface area (Å²) in [4.78, 5) is 4.37.